The molecular formula is C25H19BrClIN2O3. The highest BCUT2D eigenvalue weighted by Crippen LogP contribution is 2.36. The number of benzene rings is 3. The van der Waals surface area contributed by atoms with Crippen molar-refractivity contribution in [2.45, 2.75) is 13.5 Å². The fourth-order valence-corrected chi connectivity index (χ4v) is 4.19. The summed E-state index contributed by atoms with van der Waals surface area (Å²) in [5.74, 6) is 0.634. The Labute approximate surface area is 219 Å². The SMILES string of the molecule is CCOc1cc(/C=C(\C#N)C(=O)Nc2ccc(Cl)cc2)cc(I)c1OCc1ccccc1Br. The normalized spacial score (nSPS) is 10.9. The van der Waals surface area contributed by atoms with E-state index in [0.717, 1.165) is 13.6 Å². The molecule has 3 aromatic rings. The zero-order valence-corrected chi connectivity index (χ0v) is 22.1. The summed E-state index contributed by atoms with van der Waals surface area (Å²) in [6, 6.07) is 20.1. The minimum absolute atomic E-state index is 0.0370. The first-order chi connectivity index (χ1) is 15.9. The topological polar surface area (TPSA) is 71.3 Å². The molecule has 0 aliphatic heterocycles. The summed E-state index contributed by atoms with van der Waals surface area (Å²) >= 11 is 11.6. The second-order valence-electron chi connectivity index (χ2n) is 6.77. The Morgan fingerprint density at radius 1 is 1.18 bits per heavy atom. The predicted octanol–water partition coefficient (Wildman–Crippen LogP) is 7.23. The van der Waals surface area contributed by atoms with Crippen LogP contribution >= 0.6 is 50.1 Å². The van der Waals surface area contributed by atoms with Crippen molar-refractivity contribution in [1.29, 1.82) is 5.26 Å². The predicted molar refractivity (Wildman–Crippen MR) is 142 cm³/mol. The minimum Gasteiger partial charge on any atom is -0.490 e. The molecule has 0 unspecified atom stereocenters. The number of nitrogens with one attached hydrogen (secondary N) is 1. The van der Waals surface area contributed by atoms with E-state index in [0.29, 0.717) is 41.0 Å². The van der Waals surface area contributed by atoms with Gasteiger partial charge in [0.1, 0.15) is 18.2 Å². The molecule has 0 atom stereocenters. The maximum atomic E-state index is 12.6. The summed E-state index contributed by atoms with van der Waals surface area (Å²) < 4.78 is 13.6. The number of ether oxygens (including phenoxy) is 2. The van der Waals surface area contributed by atoms with Gasteiger partial charge in [0.25, 0.3) is 5.91 Å². The standard InChI is InChI=1S/C25H19BrClIN2O3/c1-2-32-23-13-16(11-18(14-29)25(31)30-20-9-7-19(27)8-10-20)12-22(28)24(23)33-15-17-5-3-4-6-21(17)26/h3-13H,2,15H2,1H3,(H,30,31)/b18-11+. The average Bonchev–Trinajstić information content (AvgIpc) is 2.79. The molecule has 0 aromatic heterocycles. The van der Waals surface area contributed by atoms with Gasteiger partial charge in [-0.1, -0.05) is 45.7 Å². The lowest BCUT2D eigenvalue weighted by Crippen LogP contribution is -2.13. The van der Waals surface area contributed by atoms with E-state index in [-0.39, 0.29) is 5.57 Å². The largest absolute Gasteiger partial charge is 0.490 e. The van der Waals surface area contributed by atoms with Crippen molar-refractivity contribution in [2.24, 2.45) is 0 Å². The molecule has 8 heteroatoms. The molecule has 1 N–H and O–H groups in total. The highest BCUT2D eigenvalue weighted by Gasteiger charge is 2.15. The van der Waals surface area contributed by atoms with Gasteiger partial charge >= 0.3 is 0 Å². The average molecular weight is 638 g/mol. The third kappa shape index (κ3) is 6.97. The summed E-state index contributed by atoms with van der Waals surface area (Å²) in [5, 5.41) is 12.8. The Balaban J connectivity index is 1.85. The first-order valence-corrected chi connectivity index (χ1v) is 12.2. The van der Waals surface area contributed by atoms with E-state index in [9.17, 15) is 10.1 Å². The second kappa shape index (κ2) is 12.1. The number of halogens is 3. The maximum absolute atomic E-state index is 12.6. The molecule has 3 rings (SSSR count). The molecule has 0 spiro atoms. The third-order valence-corrected chi connectivity index (χ3v) is 6.27. The van der Waals surface area contributed by atoms with E-state index in [2.05, 4.69) is 43.8 Å². The van der Waals surface area contributed by atoms with Gasteiger partial charge in [-0.15, -0.1) is 0 Å². The van der Waals surface area contributed by atoms with Crippen molar-refractivity contribution in [3.63, 3.8) is 0 Å². The molecular weight excluding hydrogens is 619 g/mol. The van der Waals surface area contributed by atoms with Gasteiger partial charge in [-0.25, -0.2) is 0 Å². The van der Waals surface area contributed by atoms with E-state index in [1.807, 2.05) is 43.3 Å². The molecule has 33 heavy (non-hydrogen) atoms. The summed E-state index contributed by atoms with van der Waals surface area (Å²) in [6.45, 7) is 2.68. The second-order valence-corrected chi connectivity index (χ2v) is 9.23. The number of nitrogens with zero attached hydrogens (tertiary/aromatic N) is 1. The number of carbonyl (C=O) groups excluding carboxylic acids is 1. The van der Waals surface area contributed by atoms with Crippen LogP contribution in [0.2, 0.25) is 5.02 Å². The van der Waals surface area contributed by atoms with Crippen LogP contribution < -0.4 is 14.8 Å². The lowest BCUT2D eigenvalue weighted by molar-refractivity contribution is -0.112. The van der Waals surface area contributed by atoms with E-state index in [1.165, 1.54) is 6.08 Å². The molecule has 0 saturated carbocycles. The number of carbonyl (C=O) groups is 1. The molecule has 0 bridgehead atoms. The van der Waals surface area contributed by atoms with Gasteiger partial charge in [0.05, 0.1) is 10.2 Å². The van der Waals surface area contributed by atoms with Gasteiger partial charge in [0.15, 0.2) is 11.5 Å². The van der Waals surface area contributed by atoms with Crippen molar-refractivity contribution < 1.29 is 14.3 Å². The van der Waals surface area contributed by atoms with Crippen LogP contribution in [0, 0.1) is 14.9 Å². The van der Waals surface area contributed by atoms with Crippen LogP contribution in [0.4, 0.5) is 5.69 Å². The number of rotatable bonds is 8. The van der Waals surface area contributed by atoms with E-state index < -0.39 is 5.91 Å². The van der Waals surface area contributed by atoms with Gasteiger partial charge in [0.2, 0.25) is 0 Å². The van der Waals surface area contributed by atoms with Crippen LogP contribution in [0.5, 0.6) is 11.5 Å². The van der Waals surface area contributed by atoms with Gasteiger partial charge in [-0.05, 0) is 83.6 Å². The van der Waals surface area contributed by atoms with Gasteiger partial charge in [0, 0.05) is 20.7 Å². The summed E-state index contributed by atoms with van der Waals surface area (Å²) in [7, 11) is 0. The van der Waals surface area contributed by atoms with Crippen LogP contribution in [0.15, 0.2) is 70.7 Å². The van der Waals surface area contributed by atoms with Crippen molar-refractivity contribution in [3.05, 3.63) is 90.4 Å². The molecule has 0 saturated heterocycles. The molecule has 1 amide bonds. The number of anilines is 1. The fraction of sp³-hybridized carbons (Fsp3) is 0.120. The zero-order chi connectivity index (χ0) is 23.8. The summed E-state index contributed by atoms with van der Waals surface area (Å²) in [6.07, 6.45) is 1.52. The maximum Gasteiger partial charge on any atom is 0.266 e. The van der Waals surface area contributed by atoms with E-state index in [4.69, 9.17) is 21.1 Å². The van der Waals surface area contributed by atoms with Gasteiger partial charge in [-0.2, -0.15) is 5.26 Å². The van der Waals surface area contributed by atoms with E-state index in [1.54, 1.807) is 30.3 Å². The Kier molecular flexibility index (Phi) is 9.18. The number of amides is 1. The highest BCUT2D eigenvalue weighted by atomic mass is 127. The van der Waals surface area contributed by atoms with Crippen LogP contribution in [-0.4, -0.2) is 12.5 Å². The molecule has 0 aliphatic carbocycles. The highest BCUT2D eigenvalue weighted by molar-refractivity contribution is 14.1. The van der Waals surface area contributed by atoms with Gasteiger partial charge in [-0.3, -0.25) is 4.79 Å². The monoisotopic (exact) mass is 636 g/mol. The Morgan fingerprint density at radius 2 is 1.91 bits per heavy atom. The minimum atomic E-state index is -0.512. The summed E-state index contributed by atoms with van der Waals surface area (Å²) in [4.78, 5) is 12.6. The zero-order valence-electron chi connectivity index (χ0n) is 17.6. The first-order valence-electron chi connectivity index (χ1n) is 9.92. The lowest BCUT2D eigenvalue weighted by Gasteiger charge is -2.15. The third-order valence-electron chi connectivity index (χ3n) is 4.44. The Bertz CT molecular complexity index is 1220. The Hall–Kier alpha value is -2.54. The molecule has 0 heterocycles. The first kappa shape index (κ1) is 25.1. The number of hydrogen-bond donors (Lipinski definition) is 1. The fourth-order valence-electron chi connectivity index (χ4n) is 2.89. The van der Waals surface area contributed by atoms with Crippen LogP contribution in [0.3, 0.4) is 0 Å². The van der Waals surface area contributed by atoms with Crippen molar-refractivity contribution in [1.82, 2.24) is 0 Å². The molecule has 0 aliphatic rings. The quantitative estimate of drug-likeness (QED) is 0.161. The van der Waals surface area contributed by atoms with Crippen molar-refractivity contribution in [3.8, 4) is 17.6 Å². The molecule has 5 nitrogen and oxygen atoms in total. The van der Waals surface area contributed by atoms with Crippen LogP contribution in [0.1, 0.15) is 18.1 Å². The molecule has 0 fully saturated rings. The molecule has 168 valence electrons. The van der Waals surface area contributed by atoms with Crippen molar-refractivity contribution in [2.75, 3.05) is 11.9 Å². The smallest absolute Gasteiger partial charge is 0.266 e. The summed E-state index contributed by atoms with van der Waals surface area (Å²) in [5.41, 5.74) is 2.17. The van der Waals surface area contributed by atoms with Crippen molar-refractivity contribution >= 4 is 67.8 Å². The van der Waals surface area contributed by atoms with Crippen LogP contribution in [0.25, 0.3) is 6.08 Å². The lowest BCUT2D eigenvalue weighted by atomic mass is 10.1. The van der Waals surface area contributed by atoms with Gasteiger partial charge < -0.3 is 14.8 Å². The van der Waals surface area contributed by atoms with E-state index >= 15 is 0 Å². The molecule has 3 aromatic carbocycles. The molecule has 0 radical (unpaired) electrons. The Morgan fingerprint density at radius 3 is 2.58 bits per heavy atom. The number of nitriles is 1. The number of hydrogen-bond acceptors (Lipinski definition) is 4. The van der Waals surface area contributed by atoms with Crippen LogP contribution in [-0.2, 0) is 11.4 Å².